The molecule has 0 bridgehead atoms. The van der Waals surface area contributed by atoms with Crippen LogP contribution in [-0.2, 0) is 4.79 Å². The number of rotatable bonds is 6. The molecule has 150 valence electrons. The lowest BCUT2D eigenvalue weighted by Gasteiger charge is -2.22. The van der Waals surface area contributed by atoms with Gasteiger partial charge in [-0.15, -0.1) is 0 Å². The third kappa shape index (κ3) is 4.28. The number of phenolic OH excluding ortho intramolecular Hbond substituents is 1. The topological polar surface area (TPSA) is 58.6 Å². The van der Waals surface area contributed by atoms with Crippen molar-refractivity contribution in [3.8, 4) is 11.5 Å². The number of benzene rings is 4. The highest BCUT2D eigenvalue weighted by atomic mass is 16.5. The zero-order valence-corrected chi connectivity index (χ0v) is 16.7. The number of nitrogens with one attached hydrogen (secondary N) is 1. The highest BCUT2D eigenvalue weighted by molar-refractivity contribution is 5.89. The van der Waals surface area contributed by atoms with Gasteiger partial charge in [0.1, 0.15) is 11.5 Å². The maximum Gasteiger partial charge on any atom is 0.258 e. The third-order valence-electron chi connectivity index (χ3n) is 5.03. The Bertz CT molecular complexity index is 1170. The second-order valence-electron chi connectivity index (χ2n) is 7.24. The van der Waals surface area contributed by atoms with Gasteiger partial charge in [0.2, 0.25) is 0 Å². The number of phenols is 1. The van der Waals surface area contributed by atoms with Crippen molar-refractivity contribution in [1.82, 2.24) is 5.32 Å². The molecule has 0 fully saturated rings. The van der Waals surface area contributed by atoms with Crippen LogP contribution in [0, 0.1) is 6.92 Å². The molecule has 0 saturated heterocycles. The number of carbonyl (C=O) groups excluding carboxylic acids is 1. The number of hydrogen-bond acceptors (Lipinski definition) is 3. The van der Waals surface area contributed by atoms with Crippen LogP contribution in [0.1, 0.15) is 22.7 Å². The molecule has 0 radical (unpaired) electrons. The predicted molar refractivity (Wildman–Crippen MR) is 119 cm³/mol. The normalized spacial score (nSPS) is 11.8. The van der Waals surface area contributed by atoms with Crippen molar-refractivity contribution in [3.63, 3.8) is 0 Å². The number of aryl methyl sites for hydroxylation is 1. The molecule has 0 aromatic heterocycles. The lowest BCUT2D eigenvalue weighted by atomic mass is 9.92. The van der Waals surface area contributed by atoms with E-state index in [4.69, 9.17) is 4.74 Å². The fourth-order valence-electron chi connectivity index (χ4n) is 3.61. The molecule has 1 atom stereocenters. The molecule has 4 heteroatoms. The van der Waals surface area contributed by atoms with Gasteiger partial charge >= 0.3 is 0 Å². The van der Waals surface area contributed by atoms with E-state index in [1.54, 1.807) is 6.07 Å². The Labute approximate surface area is 175 Å². The molecule has 2 N–H and O–H groups in total. The van der Waals surface area contributed by atoms with Crippen LogP contribution in [0.25, 0.3) is 10.8 Å². The van der Waals surface area contributed by atoms with E-state index in [1.165, 1.54) is 0 Å². The van der Waals surface area contributed by atoms with Crippen molar-refractivity contribution in [2.45, 2.75) is 13.0 Å². The van der Waals surface area contributed by atoms with Gasteiger partial charge in [-0.05, 0) is 47.0 Å². The largest absolute Gasteiger partial charge is 0.508 e. The molecule has 1 amide bonds. The Hall–Kier alpha value is -3.79. The minimum atomic E-state index is -0.508. The van der Waals surface area contributed by atoms with E-state index < -0.39 is 6.04 Å². The zero-order valence-electron chi connectivity index (χ0n) is 16.7. The smallest absolute Gasteiger partial charge is 0.258 e. The first-order chi connectivity index (χ1) is 14.6. The Morgan fingerprint density at radius 3 is 2.50 bits per heavy atom. The van der Waals surface area contributed by atoms with Gasteiger partial charge in [0.15, 0.2) is 6.61 Å². The number of fused-ring (bicyclic) bond motifs is 1. The molecule has 0 aliphatic heterocycles. The van der Waals surface area contributed by atoms with Crippen LogP contribution in [-0.4, -0.2) is 17.6 Å². The Kier molecular flexibility index (Phi) is 5.66. The molecule has 0 heterocycles. The maximum absolute atomic E-state index is 12.8. The summed E-state index contributed by atoms with van der Waals surface area (Å²) in [7, 11) is 0. The Balaban J connectivity index is 1.65. The van der Waals surface area contributed by atoms with Crippen LogP contribution in [0.15, 0.2) is 91.0 Å². The molecule has 4 rings (SSSR count). The molecule has 0 aliphatic carbocycles. The number of aromatic hydroxyl groups is 1. The number of amides is 1. The van der Waals surface area contributed by atoms with Gasteiger partial charge in [0.25, 0.3) is 5.91 Å². The van der Waals surface area contributed by atoms with Gasteiger partial charge < -0.3 is 15.2 Å². The summed E-state index contributed by atoms with van der Waals surface area (Å²) in [6.07, 6.45) is 0. The van der Waals surface area contributed by atoms with Crippen molar-refractivity contribution in [1.29, 1.82) is 0 Å². The molecule has 0 unspecified atom stereocenters. The van der Waals surface area contributed by atoms with Gasteiger partial charge in [-0.3, -0.25) is 4.79 Å². The second kappa shape index (κ2) is 8.70. The lowest BCUT2D eigenvalue weighted by molar-refractivity contribution is -0.123. The highest BCUT2D eigenvalue weighted by Gasteiger charge is 2.22. The average molecular weight is 397 g/mol. The summed E-state index contributed by atoms with van der Waals surface area (Å²) in [5.74, 6) is 0.523. The molecule has 0 aliphatic rings. The molecule has 0 spiro atoms. The summed E-state index contributed by atoms with van der Waals surface area (Å²) < 4.78 is 5.66. The van der Waals surface area contributed by atoms with Crippen LogP contribution in [0.3, 0.4) is 0 Å². The first-order valence-corrected chi connectivity index (χ1v) is 9.86. The minimum absolute atomic E-state index is 0.113. The van der Waals surface area contributed by atoms with Crippen LogP contribution < -0.4 is 10.1 Å². The molecule has 0 saturated carbocycles. The quantitative estimate of drug-likeness (QED) is 0.474. The first-order valence-electron chi connectivity index (χ1n) is 9.86. The summed E-state index contributed by atoms with van der Waals surface area (Å²) in [5.41, 5.74) is 2.62. The van der Waals surface area contributed by atoms with Gasteiger partial charge in [-0.25, -0.2) is 0 Å². The fourth-order valence-corrected chi connectivity index (χ4v) is 3.61. The fraction of sp³-hybridized carbons (Fsp3) is 0.115. The molecule has 4 aromatic rings. The van der Waals surface area contributed by atoms with Gasteiger partial charge in [0.05, 0.1) is 6.04 Å². The standard InChI is InChI=1S/C26H23NO3/c1-18-8-7-12-21(16-18)30-17-24(29)27-26(20-10-3-2-4-11-20)25-22-13-6-5-9-19(22)14-15-23(25)28/h2-16,26,28H,17H2,1H3,(H,27,29)/t26-/m1/s1. The molecule has 4 nitrogen and oxygen atoms in total. The summed E-state index contributed by atoms with van der Waals surface area (Å²) in [6, 6.07) is 28.1. The van der Waals surface area contributed by atoms with E-state index in [0.29, 0.717) is 11.3 Å². The van der Waals surface area contributed by atoms with Crippen molar-refractivity contribution >= 4 is 16.7 Å². The van der Waals surface area contributed by atoms with Gasteiger partial charge in [-0.1, -0.05) is 72.8 Å². The SMILES string of the molecule is Cc1cccc(OCC(=O)N[C@H](c2ccccc2)c2c(O)ccc3ccccc23)c1. The third-order valence-corrected chi connectivity index (χ3v) is 5.03. The van der Waals surface area contributed by atoms with E-state index in [9.17, 15) is 9.90 Å². The van der Waals surface area contributed by atoms with Crippen molar-refractivity contribution in [2.75, 3.05) is 6.61 Å². The Morgan fingerprint density at radius 2 is 1.70 bits per heavy atom. The zero-order chi connectivity index (χ0) is 20.9. The minimum Gasteiger partial charge on any atom is -0.508 e. The lowest BCUT2D eigenvalue weighted by Crippen LogP contribution is -2.33. The first kappa shape index (κ1) is 19.5. The average Bonchev–Trinajstić information content (AvgIpc) is 2.77. The Morgan fingerprint density at radius 1 is 0.933 bits per heavy atom. The molecule has 4 aromatic carbocycles. The highest BCUT2D eigenvalue weighted by Crippen LogP contribution is 2.35. The number of hydrogen-bond donors (Lipinski definition) is 2. The number of ether oxygens (including phenoxy) is 1. The van der Waals surface area contributed by atoms with E-state index in [-0.39, 0.29) is 18.3 Å². The summed E-state index contributed by atoms with van der Waals surface area (Å²) in [5, 5.41) is 15.6. The van der Waals surface area contributed by atoms with Crippen LogP contribution in [0.2, 0.25) is 0 Å². The van der Waals surface area contributed by atoms with Crippen LogP contribution >= 0.6 is 0 Å². The molecular weight excluding hydrogens is 374 g/mol. The molecular formula is C26H23NO3. The summed E-state index contributed by atoms with van der Waals surface area (Å²) in [6.45, 7) is 1.86. The van der Waals surface area contributed by atoms with E-state index in [2.05, 4.69) is 5.32 Å². The van der Waals surface area contributed by atoms with Crippen molar-refractivity contribution in [2.24, 2.45) is 0 Å². The van der Waals surface area contributed by atoms with E-state index >= 15 is 0 Å². The van der Waals surface area contributed by atoms with Crippen molar-refractivity contribution in [3.05, 3.63) is 108 Å². The van der Waals surface area contributed by atoms with E-state index in [1.807, 2.05) is 91.9 Å². The predicted octanol–water partition coefficient (Wildman–Crippen LogP) is 5.14. The maximum atomic E-state index is 12.8. The number of carbonyl (C=O) groups is 1. The monoisotopic (exact) mass is 397 g/mol. The van der Waals surface area contributed by atoms with Crippen molar-refractivity contribution < 1.29 is 14.6 Å². The summed E-state index contributed by atoms with van der Waals surface area (Å²) in [4.78, 5) is 12.8. The van der Waals surface area contributed by atoms with Gasteiger partial charge in [0, 0.05) is 5.56 Å². The molecule has 30 heavy (non-hydrogen) atoms. The van der Waals surface area contributed by atoms with Gasteiger partial charge in [-0.2, -0.15) is 0 Å². The van der Waals surface area contributed by atoms with Crippen LogP contribution in [0.4, 0.5) is 0 Å². The summed E-state index contributed by atoms with van der Waals surface area (Å²) >= 11 is 0. The van der Waals surface area contributed by atoms with Crippen LogP contribution in [0.5, 0.6) is 11.5 Å². The van der Waals surface area contributed by atoms with E-state index in [0.717, 1.165) is 21.9 Å². The second-order valence-corrected chi connectivity index (χ2v) is 7.24.